The van der Waals surface area contributed by atoms with Crippen LogP contribution in [0, 0.1) is 0 Å². The van der Waals surface area contributed by atoms with Crippen molar-refractivity contribution >= 4 is 50.4 Å². The lowest BCUT2D eigenvalue weighted by Gasteiger charge is -2.29. The number of rotatable bonds is 5. The second-order valence-corrected chi connectivity index (χ2v) is 10.9. The highest BCUT2D eigenvalue weighted by molar-refractivity contribution is 6.31. The number of nitrogens with zero attached hydrogens (tertiary/aromatic N) is 3. The molecule has 0 amide bonds. The lowest BCUT2D eigenvalue weighted by atomic mass is 10.1. The second-order valence-electron chi connectivity index (χ2n) is 10.5. The minimum atomic E-state index is -0.218. The largest absolute Gasteiger partial charge is 0.380 e. The topological polar surface area (TPSA) is 68.0 Å². The Bertz CT molecular complexity index is 1940. The van der Waals surface area contributed by atoms with Crippen molar-refractivity contribution in [3.8, 4) is 0 Å². The molecule has 7 rings (SSSR count). The number of para-hydroxylation sites is 2. The van der Waals surface area contributed by atoms with Gasteiger partial charge in [0.25, 0.3) is 5.56 Å². The van der Waals surface area contributed by atoms with Crippen LogP contribution in [0.15, 0.2) is 81.9 Å². The number of hydrogen-bond acceptors (Lipinski definition) is 5. The molecule has 7 nitrogen and oxygen atoms in total. The Balaban J connectivity index is 1.35. The van der Waals surface area contributed by atoms with Crippen LogP contribution < -0.4 is 21.2 Å². The van der Waals surface area contributed by atoms with Crippen molar-refractivity contribution < 1.29 is 4.74 Å². The van der Waals surface area contributed by atoms with E-state index in [0.29, 0.717) is 27.0 Å². The van der Waals surface area contributed by atoms with Crippen LogP contribution in [-0.2, 0) is 18.3 Å². The van der Waals surface area contributed by atoms with Gasteiger partial charge in [0.05, 0.1) is 29.8 Å². The van der Waals surface area contributed by atoms with Crippen molar-refractivity contribution in [2.45, 2.75) is 19.4 Å². The number of halogens is 1. The Labute approximate surface area is 235 Å². The molecule has 1 saturated heterocycles. The van der Waals surface area contributed by atoms with Gasteiger partial charge in [0, 0.05) is 54.0 Å². The van der Waals surface area contributed by atoms with E-state index in [2.05, 4.69) is 34.5 Å². The first-order valence-electron chi connectivity index (χ1n) is 13.6. The van der Waals surface area contributed by atoms with Crippen molar-refractivity contribution in [3.63, 3.8) is 0 Å². The maximum absolute atomic E-state index is 13.9. The molecule has 0 atom stereocenters. The summed E-state index contributed by atoms with van der Waals surface area (Å²) in [5.41, 5.74) is 7.33. The molecular weight excluding hydrogens is 524 g/mol. The highest BCUT2D eigenvalue weighted by Crippen LogP contribution is 2.36. The molecule has 1 N–H and O–H groups in total. The average molecular weight is 553 g/mol. The number of morpholine rings is 1. The van der Waals surface area contributed by atoms with E-state index in [1.165, 1.54) is 11.3 Å². The molecule has 3 heterocycles. The lowest BCUT2D eigenvalue weighted by molar-refractivity contribution is 0.122. The smallest absolute Gasteiger partial charge is 0.275 e. The number of fused-ring (bicyclic) bond motifs is 5. The van der Waals surface area contributed by atoms with Crippen LogP contribution in [0.2, 0.25) is 5.02 Å². The molecule has 1 aliphatic carbocycles. The first-order valence-corrected chi connectivity index (χ1v) is 14.0. The zero-order chi connectivity index (χ0) is 27.4. The maximum atomic E-state index is 13.9. The summed E-state index contributed by atoms with van der Waals surface area (Å²) >= 11 is 6.38. The van der Waals surface area contributed by atoms with Crippen molar-refractivity contribution in [2.24, 2.45) is 7.05 Å². The summed E-state index contributed by atoms with van der Waals surface area (Å²) in [4.78, 5) is 30.1. The predicted molar refractivity (Wildman–Crippen MR) is 161 cm³/mol. The van der Waals surface area contributed by atoms with Gasteiger partial charge in [-0.2, -0.15) is 0 Å². The Morgan fingerprint density at radius 1 is 0.925 bits per heavy atom. The van der Waals surface area contributed by atoms with Crippen molar-refractivity contribution in [1.29, 1.82) is 0 Å². The number of ether oxygens (including phenoxy) is 1. The fourth-order valence-electron chi connectivity index (χ4n) is 5.83. The molecule has 0 radical (unpaired) electrons. The standard InChI is InChI=1S/C32H29ClN4O3/c1-35-26-4-2-3-5-27(26)37-28-18-22(33)10-13-24(28)31(38)25(30(37)32(35)39)19-34-29(20-6-7-20)21-8-11-23(12-9-21)36-14-16-40-17-15-36/h2-5,8-13,18,34H,6-7,14-17,19H2,1H3. The van der Waals surface area contributed by atoms with Crippen LogP contribution in [0.3, 0.4) is 0 Å². The normalized spacial score (nSPS) is 15.2. The summed E-state index contributed by atoms with van der Waals surface area (Å²) in [6, 6.07) is 21.6. The van der Waals surface area contributed by atoms with E-state index >= 15 is 0 Å². The van der Waals surface area contributed by atoms with Crippen LogP contribution in [0.1, 0.15) is 24.0 Å². The predicted octanol–water partition coefficient (Wildman–Crippen LogP) is 5.09. The second kappa shape index (κ2) is 9.84. The monoisotopic (exact) mass is 552 g/mol. The molecule has 0 spiro atoms. The van der Waals surface area contributed by atoms with Crippen LogP contribution in [0.5, 0.6) is 0 Å². The van der Waals surface area contributed by atoms with Crippen molar-refractivity contribution in [1.82, 2.24) is 14.3 Å². The molecule has 1 aliphatic heterocycles. The number of nitrogens with one attached hydrogen (secondary N) is 1. The van der Waals surface area contributed by atoms with Crippen molar-refractivity contribution in [3.05, 3.63) is 109 Å². The van der Waals surface area contributed by atoms with E-state index in [1.807, 2.05) is 28.7 Å². The van der Waals surface area contributed by atoms with E-state index in [1.54, 1.807) is 29.8 Å². The first-order chi connectivity index (χ1) is 19.5. The molecule has 0 unspecified atom stereocenters. The van der Waals surface area contributed by atoms with Crippen LogP contribution in [-0.4, -0.2) is 35.3 Å². The van der Waals surface area contributed by atoms with Gasteiger partial charge in [-0.1, -0.05) is 35.9 Å². The van der Waals surface area contributed by atoms with Gasteiger partial charge < -0.3 is 23.9 Å². The molecule has 1 saturated carbocycles. The summed E-state index contributed by atoms with van der Waals surface area (Å²) < 4.78 is 9.01. The average Bonchev–Trinajstić information content (AvgIpc) is 3.83. The minimum Gasteiger partial charge on any atom is -0.380 e. The number of aryl methyl sites for hydroxylation is 1. The van der Waals surface area contributed by atoms with Crippen molar-refractivity contribution in [2.75, 3.05) is 31.2 Å². The molecular formula is C32H29ClN4O3. The number of benzene rings is 3. The molecule has 40 heavy (non-hydrogen) atoms. The fraction of sp³-hybridized carbons (Fsp3) is 0.250. The summed E-state index contributed by atoms with van der Waals surface area (Å²) in [6.07, 6.45) is 2.05. The Hall–Kier alpha value is -4.07. The summed E-state index contributed by atoms with van der Waals surface area (Å²) in [5.74, 6) is 0. The maximum Gasteiger partial charge on any atom is 0.275 e. The first kappa shape index (κ1) is 24.9. The van der Waals surface area contributed by atoms with E-state index in [0.717, 1.165) is 61.4 Å². The molecule has 3 aromatic carbocycles. The van der Waals surface area contributed by atoms with Crippen LogP contribution in [0.4, 0.5) is 5.69 Å². The third-order valence-electron chi connectivity index (χ3n) is 8.05. The summed E-state index contributed by atoms with van der Waals surface area (Å²) in [7, 11) is 1.75. The third-order valence-corrected chi connectivity index (χ3v) is 8.28. The van der Waals surface area contributed by atoms with Crippen LogP contribution >= 0.6 is 11.6 Å². The zero-order valence-corrected chi connectivity index (χ0v) is 23.0. The molecule has 2 aliphatic rings. The van der Waals surface area contributed by atoms with Gasteiger partial charge in [0.2, 0.25) is 0 Å². The number of pyridine rings is 1. The van der Waals surface area contributed by atoms with Crippen LogP contribution in [0.25, 0.3) is 33.2 Å². The van der Waals surface area contributed by atoms with E-state index in [4.69, 9.17) is 16.3 Å². The Morgan fingerprint density at radius 2 is 1.65 bits per heavy atom. The van der Waals surface area contributed by atoms with E-state index in [9.17, 15) is 9.59 Å². The SMILES string of the molecule is Cn1c(=O)c2c(CNC(=C3CC3)c3ccc(N4CCOCC4)cc3)c(=O)c3ccc(Cl)cc3n2c2ccccc21. The van der Waals surface area contributed by atoms with Gasteiger partial charge >= 0.3 is 0 Å². The quantitative estimate of drug-likeness (QED) is 0.308. The summed E-state index contributed by atoms with van der Waals surface area (Å²) in [5, 5.41) is 4.62. The van der Waals surface area contributed by atoms with Gasteiger partial charge in [0.1, 0.15) is 5.52 Å². The lowest BCUT2D eigenvalue weighted by Crippen LogP contribution is -2.36. The Kier molecular flexibility index (Phi) is 6.13. The van der Waals surface area contributed by atoms with Gasteiger partial charge in [-0.3, -0.25) is 9.59 Å². The molecule has 5 aromatic rings. The van der Waals surface area contributed by atoms with Gasteiger partial charge in [-0.05, 0) is 66.4 Å². The molecule has 2 fully saturated rings. The Morgan fingerprint density at radius 3 is 2.38 bits per heavy atom. The highest BCUT2D eigenvalue weighted by Gasteiger charge is 2.23. The fourth-order valence-corrected chi connectivity index (χ4v) is 6.00. The molecule has 202 valence electrons. The van der Waals surface area contributed by atoms with E-state index < -0.39 is 0 Å². The third kappa shape index (κ3) is 4.17. The number of aromatic nitrogens is 2. The van der Waals surface area contributed by atoms with E-state index in [-0.39, 0.29) is 17.5 Å². The zero-order valence-electron chi connectivity index (χ0n) is 22.2. The highest BCUT2D eigenvalue weighted by atomic mass is 35.5. The molecule has 0 bridgehead atoms. The number of anilines is 1. The summed E-state index contributed by atoms with van der Waals surface area (Å²) in [6.45, 7) is 3.50. The van der Waals surface area contributed by atoms with Gasteiger partial charge in [0.15, 0.2) is 5.43 Å². The van der Waals surface area contributed by atoms with Gasteiger partial charge in [-0.15, -0.1) is 0 Å². The number of allylic oxidation sites excluding steroid dienone is 1. The van der Waals surface area contributed by atoms with Gasteiger partial charge in [-0.25, -0.2) is 0 Å². The minimum absolute atomic E-state index is 0.158. The molecule has 8 heteroatoms. The molecule has 2 aromatic heterocycles. The number of hydrogen-bond donors (Lipinski definition) is 1.